The number of hydrogen-bond acceptors (Lipinski definition) is 4. The van der Waals surface area contributed by atoms with E-state index in [9.17, 15) is 9.59 Å². The number of nitrogens with one attached hydrogen (secondary N) is 1. The predicted molar refractivity (Wildman–Crippen MR) is 79.4 cm³/mol. The van der Waals surface area contributed by atoms with Crippen molar-refractivity contribution in [3.63, 3.8) is 0 Å². The zero-order valence-electron chi connectivity index (χ0n) is 11.6. The van der Waals surface area contributed by atoms with Crippen molar-refractivity contribution in [3.8, 4) is 5.75 Å². The number of carboxylic acid groups (broad SMARTS) is 1. The van der Waals surface area contributed by atoms with Gasteiger partial charge in [-0.15, -0.1) is 11.8 Å². The molecule has 6 heteroatoms. The van der Waals surface area contributed by atoms with Crippen LogP contribution in [-0.2, 0) is 9.59 Å². The van der Waals surface area contributed by atoms with E-state index < -0.39 is 5.97 Å². The molecule has 0 heterocycles. The molecule has 0 aromatic heterocycles. The maximum Gasteiger partial charge on any atom is 0.313 e. The number of hydrogen-bond donors (Lipinski definition) is 2. The maximum absolute atomic E-state index is 11.5. The summed E-state index contributed by atoms with van der Waals surface area (Å²) in [5.41, 5.74) is 2.30. The SMILES string of the molecule is Cc1ccc(OCC(=O)NCCSCC(=O)O)cc1C. The number of thioether (sulfide) groups is 1. The van der Waals surface area contributed by atoms with Crippen LogP contribution < -0.4 is 10.1 Å². The molecule has 0 radical (unpaired) electrons. The molecule has 0 aliphatic heterocycles. The lowest BCUT2D eigenvalue weighted by Gasteiger charge is -2.08. The summed E-state index contributed by atoms with van der Waals surface area (Å²) in [7, 11) is 0. The number of amides is 1. The number of benzene rings is 1. The van der Waals surface area contributed by atoms with E-state index in [1.54, 1.807) is 0 Å². The van der Waals surface area contributed by atoms with E-state index in [2.05, 4.69) is 5.32 Å². The number of carboxylic acids is 1. The Morgan fingerprint density at radius 1 is 1.30 bits per heavy atom. The van der Waals surface area contributed by atoms with Crippen LogP contribution >= 0.6 is 11.8 Å². The molecule has 110 valence electrons. The van der Waals surface area contributed by atoms with Crippen LogP contribution in [0.5, 0.6) is 5.75 Å². The van der Waals surface area contributed by atoms with E-state index in [1.807, 2.05) is 32.0 Å². The van der Waals surface area contributed by atoms with Crippen molar-refractivity contribution in [3.05, 3.63) is 29.3 Å². The highest BCUT2D eigenvalue weighted by atomic mass is 32.2. The van der Waals surface area contributed by atoms with Gasteiger partial charge in [-0.25, -0.2) is 0 Å². The second-order valence-corrected chi connectivity index (χ2v) is 5.44. The Kier molecular flexibility index (Phi) is 6.93. The fraction of sp³-hybridized carbons (Fsp3) is 0.429. The molecule has 0 fully saturated rings. The molecule has 1 aromatic rings. The Balaban J connectivity index is 2.19. The molecular weight excluding hydrogens is 278 g/mol. The van der Waals surface area contributed by atoms with Gasteiger partial charge in [0.15, 0.2) is 6.61 Å². The van der Waals surface area contributed by atoms with E-state index in [0.717, 1.165) is 5.56 Å². The van der Waals surface area contributed by atoms with Gasteiger partial charge >= 0.3 is 5.97 Å². The van der Waals surface area contributed by atoms with Gasteiger partial charge in [-0.2, -0.15) is 0 Å². The molecule has 0 saturated heterocycles. The first-order valence-electron chi connectivity index (χ1n) is 6.25. The van der Waals surface area contributed by atoms with Crippen LogP contribution in [0.3, 0.4) is 0 Å². The highest BCUT2D eigenvalue weighted by molar-refractivity contribution is 7.99. The molecule has 0 saturated carbocycles. The van der Waals surface area contributed by atoms with E-state index in [0.29, 0.717) is 18.0 Å². The maximum atomic E-state index is 11.5. The summed E-state index contributed by atoms with van der Waals surface area (Å²) < 4.78 is 5.39. The topological polar surface area (TPSA) is 75.6 Å². The summed E-state index contributed by atoms with van der Waals surface area (Å²) in [5.74, 6) is 0.235. The van der Waals surface area contributed by atoms with Crippen LogP contribution in [0.15, 0.2) is 18.2 Å². The predicted octanol–water partition coefficient (Wildman–Crippen LogP) is 1.62. The van der Waals surface area contributed by atoms with Gasteiger partial charge in [-0.3, -0.25) is 9.59 Å². The monoisotopic (exact) mass is 297 g/mol. The first-order valence-corrected chi connectivity index (χ1v) is 7.41. The Morgan fingerprint density at radius 3 is 2.70 bits per heavy atom. The van der Waals surface area contributed by atoms with Crippen LogP contribution in [-0.4, -0.2) is 41.6 Å². The van der Waals surface area contributed by atoms with Crippen molar-refractivity contribution >= 4 is 23.6 Å². The summed E-state index contributed by atoms with van der Waals surface area (Å²) in [4.78, 5) is 21.8. The first kappa shape index (κ1) is 16.4. The van der Waals surface area contributed by atoms with Crippen LogP contribution in [0.1, 0.15) is 11.1 Å². The number of rotatable bonds is 8. The molecule has 1 aromatic carbocycles. The van der Waals surface area contributed by atoms with Crippen LogP contribution in [0, 0.1) is 13.8 Å². The molecule has 2 N–H and O–H groups in total. The number of carbonyl (C=O) groups excluding carboxylic acids is 1. The average Bonchev–Trinajstić information content (AvgIpc) is 2.39. The zero-order valence-corrected chi connectivity index (χ0v) is 12.5. The summed E-state index contributed by atoms with van der Waals surface area (Å²) in [6.07, 6.45) is 0. The normalized spacial score (nSPS) is 10.1. The third-order valence-corrected chi connectivity index (χ3v) is 3.59. The number of aliphatic carboxylic acids is 1. The molecule has 0 aliphatic rings. The first-order chi connectivity index (χ1) is 9.49. The lowest BCUT2D eigenvalue weighted by Crippen LogP contribution is -2.30. The molecule has 20 heavy (non-hydrogen) atoms. The lowest BCUT2D eigenvalue weighted by atomic mass is 10.1. The summed E-state index contributed by atoms with van der Waals surface area (Å²) in [6, 6.07) is 5.68. The molecule has 1 rings (SSSR count). The summed E-state index contributed by atoms with van der Waals surface area (Å²) in [5, 5.41) is 11.1. The zero-order chi connectivity index (χ0) is 15.0. The second-order valence-electron chi connectivity index (χ2n) is 4.33. The quantitative estimate of drug-likeness (QED) is 0.713. The summed E-state index contributed by atoms with van der Waals surface area (Å²) >= 11 is 1.27. The van der Waals surface area contributed by atoms with Crippen molar-refractivity contribution in [2.75, 3.05) is 24.7 Å². The number of aryl methyl sites for hydroxylation is 2. The van der Waals surface area contributed by atoms with E-state index in [1.165, 1.54) is 17.3 Å². The van der Waals surface area contributed by atoms with Gasteiger partial charge in [-0.1, -0.05) is 6.07 Å². The molecule has 5 nitrogen and oxygen atoms in total. The minimum Gasteiger partial charge on any atom is -0.484 e. The Bertz CT molecular complexity index is 476. The molecule has 1 amide bonds. The van der Waals surface area contributed by atoms with E-state index in [-0.39, 0.29) is 18.3 Å². The third kappa shape index (κ3) is 6.47. The van der Waals surface area contributed by atoms with Crippen molar-refractivity contribution in [1.82, 2.24) is 5.32 Å². The van der Waals surface area contributed by atoms with Crippen molar-refractivity contribution < 1.29 is 19.4 Å². The van der Waals surface area contributed by atoms with Crippen LogP contribution in [0.25, 0.3) is 0 Å². The summed E-state index contributed by atoms with van der Waals surface area (Å²) in [6.45, 7) is 4.40. The van der Waals surface area contributed by atoms with Crippen molar-refractivity contribution in [2.45, 2.75) is 13.8 Å². The van der Waals surface area contributed by atoms with Gasteiger partial charge in [0.1, 0.15) is 5.75 Å². The van der Waals surface area contributed by atoms with Gasteiger partial charge in [0.25, 0.3) is 5.91 Å². The van der Waals surface area contributed by atoms with Gasteiger partial charge in [0, 0.05) is 12.3 Å². The van der Waals surface area contributed by atoms with Gasteiger partial charge in [0.05, 0.1) is 5.75 Å². The van der Waals surface area contributed by atoms with Gasteiger partial charge in [-0.05, 0) is 37.1 Å². The molecule has 0 spiro atoms. The van der Waals surface area contributed by atoms with E-state index in [4.69, 9.17) is 9.84 Å². The van der Waals surface area contributed by atoms with Crippen LogP contribution in [0.2, 0.25) is 0 Å². The van der Waals surface area contributed by atoms with Gasteiger partial charge in [0.2, 0.25) is 0 Å². The Hall–Kier alpha value is -1.69. The third-order valence-electron chi connectivity index (χ3n) is 2.64. The van der Waals surface area contributed by atoms with E-state index >= 15 is 0 Å². The molecular formula is C14H19NO4S. The average molecular weight is 297 g/mol. The largest absolute Gasteiger partial charge is 0.484 e. The fourth-order valence-electron chi connectivity index (χ4n) is 1.43. The minimum atomic E-state index is -0.848. The number of carbonyl (C=O) groups is 2. The second kappa shape index (κ2) is 8.47. The van der Waals surface area contributed by atoms with Crippen LogP contribution in [0.4, 0.5) is 0 Å². The molecule has 0 atom stereocenters. The number of ether oxygens (including phenoxy) is 1. The molecule has 0 unspecified atom stereocenters. The molecule has 0 bridgehead atoms. The smallest absolute Gasteiger partial charge is 0.313 e. The van der Waals surface area contributed by atoms with Crippen molar-refractivity contribution in [1.29, 1.82) is 0 Å². The lowest BCUT2D eigenvalue weighted by molar-refractivity contribution is -0.133. The van der Waals surface area contributed by atoms with Crippen molar-refractivity contribution in [2.24, 2.45) is 0 Å². The highest BCUT2D eigenvalue weighted by Gasteiger charge is 2.03. The fourth-order valence-corrected chi connectivity index (χ4v) is 1.99. The minimum absolute atomic E-state index is 0.0356. The standard InChI is InChI=1S/C14H19NO4S/c1-10-3-4-12(7-11(10)2)19-8-13(16)15-5-6-20-9-14(17)18/h3-4,7H,5-6,8-9H2,1-2H3,(H,15,16)(H,17,18). The molecule has 0 aliphatic carbocycles. The van der Waals surface area contributed by atoms with Gasteiger partial charge < -0.3 is 15.2 Å². The highest BCUT2D eigenvalue weighted by Crippen LogP contribution is 2.16. The Morgan fingerprint density at radius 2 is 2.05 bits per heavy atom. The Labute approximate surface area is 122 Å².